The number of benzene rings is 2. The average Bonchev–Trinajstić information content (AvgIpc) is 2.79. The first-order chi connectivity index (χ1) is 15.0. The van der Waals surface area contributed by atoms with Crippen LogP contribution < -0.4 is 10.0 Å². The molecule has 0 bridgehead atoms. The molecule has 2 heterocycles. The Hall–Kier alpha value is -3.00. The molecule has 1 atom stereocenters. The molecule has 9 heteroatoms. The highest BCUT2D eigenvalue weighted by Gasteiger charge is 2.13. The van der Waals surface area contributed by atoms with Gasteiger partial charge in [-0.25, -0.2) is 19.2 Å². The Morgan fingerprint density at radius 2 is 1.84 bits per heavy atom. The second kappa shape index (κ2) is 9.43. The lowest BCUT2D eigenvalue weighted by molar-refractivity contribution is 0.686. The van der Waals surface area contributed by atoms with Crippen molar-refractivity contribution in [2.24, 2.45) is 0 Å². The molecule has 6 nitrogen and oxygen atoms in total. The quantitative estimate of drug-likeness (QED) is 0.360. The third-order valence-electron chi connectivity index (χ3n) is 4.48. The highest BCUT2D eigenvalue weighted by atomic mass is 35.5. The molecule has 0 aliphatic heterocycles. The standard InChI is InChI=1S/C22H17Cl2N5OS/c1-14-7-8-15(29-31(30)20-6-2-5-17(23)21(20)24)12-19(14)28-22-16(4-3-10-26-22)18-9-11-25-13-27-18/h2-13,29H,1H3,(H,26,28). The molecule has 2 aromatic carbocycles. The zero-order valence-electron chi connectivity index (χ0n) is 16.3. The minimum Gasteiger partial charge on any atom is -0.339 e. The highest BCUT2D eigenvalue weighted by molar-refractivity contribution is 7.86. The molecule has 0 aliphatic carbocycles. The second-order valence-electron chi connectivity index (χ2n) is 6.57. The van der Waals surface area contributed by atoms with Crippen LogP contribution in [-0.4, -0.2) is 19.2 Å². The first-order valence-electron chi connectivity index (χ1n) is 9.24. The van der Waals surface area contributed by atoms with Crippen molar-refractivity contribution in [3.05, 3.63) is 88.9 Å². The van der Waals surface area contributed by atoms with Gasteiger partial charge < -0.3 is 10.0 Å². The molecule has 2 aromatic heterocycles. The molecular formula is C22H17Cl2N5OS. The Labute approximate surface area is 192 Å². The van der Waals surface area contributed by atoms with Crippen molar-refractivity contribution in [3.63, 3.8) is 0 Å². The molecule has 0 saturated carbocycles. The normalized spacial score (nSPS) is 11.7. The van der Waals surface area contributed by atoms with Gasteiger partial charge in [-0.1, -0.05) is 35.3 Å². The van der Waals surface area contributed by atoms with Crippen molar-refractivity contribution in [2.45, 2.75) is 11.8 Å². The van der Waals surface area contributed by atoms with Gasteiger partial charge in [0.2, 0.25) is 0 Å². The molecule has 0 aliphatic rings. The molecule has 4 aromatic rings. The predicted molar refractivity (Wildman–Crippen MR) is 126 cm³/mol. The van der Waals surface area contributed by atoms with Gasteiger partial charge in [0.1, 0.15) is 12.1 Å². The van der Waals surface area contributed by atoms with E-state index in [4.69, 9.17) is 23.2 Å². The van der Waals surface area contributed by atoms with Gasteiger partial charge in [-0.3, -0.25) is 0 Å². The number of aryl methyl sites for hydroxylation is 1. The summed E-state index contributed by atoms with van der Waals surface area (Å²) in [5, 5.41) is 3.98. The van der Waals surface area contributed by atoms with E-state index >= 15 is 0 Å². The summed E-state index contributed by atoms with van der Waals surface area (Å²) in [5.41, 5.74) is 4.07. The molecule has 0 spiro atoms. The van der Waals surface area contributed by atoms with Crippen LogP contribution in [-0.2, 0) is 11.0 Å². The molecule has 2 N–H and O–H groups in total. The Balaban J connectivity index is 1.61. The van der Waals surface area contributed by atoms with E-state index in [0.29, 0.717) is 21.4 Å². The smallest absolute Gasteiger partial charge is 0.151 e. The van der Waals surface area contributed by atoms with E-state index < -0.39 is 11.0 Å². The third-order valence-corrected chi connectivity index (χ3v) is 6.57. The molecule has 156 valence electrons. The second-order valence-corrected chi connectivity index (χ2v) is 8.54. The number of pyridine rings is 1. The van der Waals surface area contributed by atoms with Crippen LogP contribution >= 0.6 is 23.2 Å². The first-order valence-corrected chi connectivity index (χ1v) is 11.1. The summed E-state index contributed by atoms with van der Waals surface area (Å²) >= 11 is 12.2. The van der Waals surface area contributed by atoms with Gasteiger partial charge in [0, 0.05) is 29.3 Å². The molecule has 31 heavy (non-hydrogen) atoms. The summed E-state index contributed by atoms with van der Waals surface area (Å²) in [5.74, 6) is 0.653. The zero-order valence-corrected chi connectivity index (χ0v) is 18.7. The van der Waals surface area contributed by atoms with Crippen LogP contribution in [0.5, 0.6) is 0 Å². The van der Waals surface area contributed by atoms with Crippen LogP contribution in [0.4, 0.5) is 17.2 Å². The van der Waals surface area contributed by atoms with Crippen molar-refractivity contribution in [2.75, 3.05) is 10.0 Å². The van der Waals surface area contributed by atoms with Crippen molar-refractivity contribution in [1.82, 2.24) is 15.0 Å². The topological polar surface area (TPSA) is 79.8 Å². The predicted octanol–water partition coefficient (Wildman–Crippen LogP) is 6.03. The van der Waals surface area contributed by atoms with E-state index in [-0.39, 0.29) is 5.02 Å². The average molecular weight is 470 g/mol. The maximum atomic E-state index is 12.8. The number of nitrogens with zero attached hydrogens (tertiary/aromatic N) is 3. The van der Waals surface area contributed by atoms with Gasteiger partial charge in [-0.05, 0) is 55.0 Å². The van der Waals surface area contributed by atoms with Crippen molar-refractivity contribution < 1.29 is 4.21 Å². The molecule has 0 amide bonds. The van der Waals surface area contributed by atoms with Crippen LogP contribution in [0.2, 0.25) is 10.0 Å². The zero-order chi connectivity index (χ0) is 21.8. The summed E-state index contributed by atoms with van der Waals surface area (Å²) < 4.78 is 15.8. The van der Waals surface area contributed by atoms with E-state index in [1.54, 1.807) is 30.6 Å². The fourth-order valence-electron chi connectivity index (χ4n) is 2.90. The Morgan fingerprint density at radius 3 is 2.65 bits per heavy atom. The molecule has 0 fully saturated rings. The van der Waals surface area contributed by atoms with E-state index in [1.807, 2.05) is 43.3 Å². The SMILES string of the molecule is Cc1ccc(NS(=O)c2cccc(Cl)c2Cl)cc1Nc1ncccc1-c1ccncn1. The van der Waals surface area contributed by atoms with Gasteiger partial charge in [-0.2, -0.15) is 0 Å². The van der Waals surface area contributed by atoms with Crippen LogP contribution in [0, 0.1) is 6.92 Å². The van der Waals surface area contributed by atoms with Gasteiger partial charge in [0.15, 0.2) is 11.0 Å². The van der Waals surface area contributed by atoms with Gasteiger partial charge in [-0.15, -0.1) is 0 Å². The van der Waals surface area contributed by atoms with Crippen LogP contribution in [0.15, 0.2) is 78.2 Å². The minimum absolute atomic E-state index is 0.267. The Morgan fingerprint density at radius 1 is 0.968 bits per heavy atom. The monoisotopic (exact) mass is 469 g/mol. The molecular weight excluding hydrogens is 453 g/mol. The fourth-order valence-corrected chi connectivity index (χ4v) is 4.39. The number of halogens is 2. The Kier molecular flexibility index (Phi) is 6.46. The molecule has 0 radical (unpaired) electrons. The maximum Gasteiger partial charge on any atom is 0.151 e. The van der Waals surface area contributed by atoms with E-state index in [1.165, 1.54) is 6.33 Å². The summed E-state index contributed by atoms with van der Waals surface area (Å²) in [6.07, 6.45) is 4.89. The van der Waals surface area contributed by atoms with Crippen LogP contribution in [0.25, 0.3) is 11.3 Å². The number of nitrogens with one attached hydrogen (secondary N) is 2. The van der Waals surface area contributed by atoms with Gasteiger partial charge in [0.05, 0.1) is 20.6 Å². The van der Waals surface area contributed by atoms with E-state index in [2.05, 4.69) is 25.0 Å². The first kappa shape index (κ1) is 21.2. The van der Waals surface area contributed by atoms with E-state index in [9.17, 15) is 4.21 Å². The summed E-state index contributed by atoms with van der Waals surface area (Å²) in [6, 6.07) is 16.3. The molecule has 4 rings (SSSR count). The number of aromatic nitrogens is 3. The third kappa shape index (κ3) is 4.85. The lowest BCUT2D eigenvalue weighted by Crippen LogP contribution is -2.06. The lowest BCUT2D eigenvalue weighted by Gasteiger charge is -2.15. The van der Waals surface area contributed by atoms with Crippen molar-refractivity contribution in [3.8, 4) is 11.3 Å². The lowest BCUT2D eigenvalue weighted by atomic mass is 10.1. The number of hydrogen-bond donors (Lipinski definition) is 2. The number of hydrogen-bond acceptors (Lipinski definition) is 5. The molecule has 1 unspecified atom stereocenters. The van der Waals surface area contributed by atoms with Crippen LogP contribution in [0.3, 0.4) is 0 Å². The summed E-state index contributed by atoms with van der Waals surface area (Å²) in [4.78, 5) is 13.2. The van der Waals surface area contributed by atoms with Crippen molar-refractivity contribution >= 4 is 51.4 Å². The molecule has 0 saturated heterocycles. The largest absolute Gasteiger partial charge is 0.339 e. The highest BCUT2D eigenvalue weighted by Crippen LogP contribution is 2.31. The maximum absolute atomic E-state index is 12.8. The van der Waals surface area contributed by atoms with Crippen molar-refractivity contribution in [1.29, 1.82) is 0 Å². The van der Waals surface area contributed by atoms with Gasteiger partial charge >= 0.3 is 0 Å². The fraction of sp³-hybridized carbons (Fsp3) is 0.0455. The minimum atomic E-state index is -1.58. The number of rotatable bonds is 6. The van der Waals surface area contributed by atoms with Crippen LogP contribution in [0.1, 0.15) is 5.56 Å². The Bertz CT molecular complexity index is 1250. The number of anilines is 3. The summed E-state index contributed by atoms with van der Waals surface area (Å²) in [6.45, 7) is 1.98. The summed E-state index contributed by atoms with van der Waals surface area (Å²) in [7, 11) is -1.58. The van der Waals surface area contributed by atoms with Gasteiger partial charge in [0.25, 0.3) is 0 Å². The van der Waals surface area contributed by atoms with E-state index in [0.717, 1.165) is 22.5 Å².